The van der Waals surface area contributed by atoms with E-state index < -0.39 is 5.54 Å². The Morgan fingerprint density at radius 1 is 1.53 bits per heavy atom. The molecule has 1 N–H and O–H groups in total. The van der Waals surface area contributed by atoms with Gasteiger partial charge in [-0.15, -0.1) is 0 Å². The van der Waals surface area contributed by atoms with Gasteiger partial charge in [0.15, 0.2) is 0 Å². The number of aryl methyl sites for hydroxylation is 1. The molecule has 2 heterocycles. The van der Waals surface area contributed by atoms with Crippen LogP contribution in [-0.2, 0) is 11.3 Å². The third-order valence-corrected chi connectivity index (χ3v) is 3.73. The number of hydrogen-bond donors (Lipinski definition) is 1. The van der Waals surface area contributed by atoms with Gasteiger partial charge in [-0.2, -0.15) is 0 Å². The second-order valence-electron chi connectivity index (χ2n) is 5.10. The highest BCUT2D eigenvalue weighted by Crippen LogP contribution is 2.23. The molecule has 19 heavy (non-hydrogen) atoms. The summed E-state index contributed by atoms with van der Waals surface area (Å²) in [5.41, 5.74) is -0.319. The summed E-state index contributed by atoms with van der Waals surface area (Å²) in [5, 5.41) is 3.31. The minimum atomic E-state index is -0.843. The van der Waals surface area contributed by atoms with E-state index in [1.165, 1.54) is 0 Å². The van der Waals surface area contributed by atoms with Gasteiger partial charge in [-0.3, -0.25) is 9.59 Å². The first kappa shape index (κ1) is 13.9. The summed E-state index contributed by atoms with van der Waals surface area (Å²) in [7, 11) is 0. The summed E-state index contributed by atoms with van der Waals surface area (Å²) in [6.45, 7) is 7.09. The topological polar surface area (TPSA) is 54.3 Å². The molecule has 1 saturated heterocycles. The number of nitrogens with one attached hydrogen (secondary N) is 1. The number of amides is 2. The molecule has 5 nitrogen and oxygen atoms in total. The molecule has 1 aromatic heterocycles. The molecule has 1 aromatic rings. The fraction of sp³-hybridized carbons (Fsp3) is 0.538. The Hall–Kier alpha value is -1.49. The van der Waals surface area contributed by atoms with Gasteiger partial charge in [0, 0.05) is 25.8 Å². The van der Waals surface area contributed by atoms with Crippen molar-refractivity contribution in [3.8, 4) is 0 Å². The normalized spacial score (nSPS) is 18.3. The van der Waals surface area contributed by atoms with E-state index in [1.807, 2.05) is 6.92 Å². The van der Waals surface area contributed by atoms with Crippen LogP contribution < -0.4 is 5.32 Å². The standard InChI is InChI=1S/C13H18ClN3O2/c1-4-16-8-9(14)7-10(16)11(18)17-6-5-15-12(19)13(17,2)3/h7-8H,4-6H2,1-3H3,(H,15,19). The molecule has 0 saturated carbocycles. The van der Waals surface area contributed by atoms with Crippen LogP contribution in [0.4, 0.5) is 0 Å². The van der Waals surface area contributed by atoms with Crippen molar-refractivity contribution in [1.82, 2.24) is 14.8 Å². The van der Waals surface area contributed by atoms with Crippen molar-refractivity contribution in [3.05, 3.63) is 23.0 Å². The van der Waals surface area contributed by atoms with Crippen LogP contribution >= 0.6 is 11.6 Å². The van der Waals surface area contributed by atoms with Crippen molar-refractivity contribution in [2.24, 2.45) is 0 Å². The fourth-order valence-corrected chi connectivity index (χ4v) is 2.53. The molecule has 1 aliphatic rings. The lowest BCUT2D eigenvalue weighted by Gasteiger charge is -2.41. The maximum Gasteiger partial charge on any atom is 0.271 e. The van der Waals surface area contributed by atoms with Crippen LogP contribution in [0.25, 0.3) is 0 Å². The molecule has 0 aromatic carbocycles. The van der Waals surface area contributed by atoms with E-state index >= 15 is 0 Å². The smallest absolute Gasteiger partial charge is 0.271 e. The number of nitrogens with zero attached hydrogens (tertiary/aromatic N) is 2. The Balaban J connectivity index is 2.35. The lowest BCUT2D eigenvalue weighted by Crippen LogP contribution is -2.63. The van der Waals surface area contributed by atoms with E-state index in [4.69, 9.17) is 11.6 Å². The van der Waals surface area contributed by atoms with Crippen molar-refractivity contribution >= 4 is 23.4 Å². The highest BCUT2D eigenvalue weighted by molar-refractivity contribution is 6.31. The molecule has 0 spiro atoms. The van der Waals surface area contributed by atoms with Crippen molar-refractivity contribution < 1.29 is 9.59 Å². The zero-order valence-corrected chi connectivity index (χ0v) is 12.1. The third-order valence-electron chi connectivity index (χ3n) is 3.52. The molecule has 2 rings (SSSR count). The molecule has 0 bridgehead atoms. The Kier molecular flexibility index (Phi) is 3.58. The molecule has 0 aliphatic carbocycles. The van der Waals surface area contributed by atoms with Gasteiger partial charge in [-0.25, -0.2) is 0 Å². The summed E-state index contributed by atoms with van der Waals surface area (Å²) in [6.07, 6.45) is 1.73. The van der Waals surface area contributed by atoms with Crippen LogP contribution in [0.3, 0.4) is 0 Å². The van der Waals surface area contributed by atoms with Crippen molar-refractivity contribution in [1.29, 1.82) is 0 Å². The Bertz CT molecular complexity index is 522. The second kappa shape index (κ2) is 4.89. The molecule has 1 aliphatic heterocycles. The SMILES string of the molecule is CCn1cc(Cl)cc1C(=O)N1CCNC(=O)C1(C)C. The lowest BCUT2D eigenvalue weighted by molar-refractivity contribution is -0.133. The quantitative estimate of drug-likeness (QED) is 0.894. The minimum absolute atomic E-state index is 0.132. The molecular formula is C13H18ClN3O2. The maximum absolute atomic E-state index is 12.6. The van der Waals surface area contributed by atoms with Crippen LogP contribution in [0.15, 0.2) is 12.3 Å². The van der Waals surface area contributed by atoms with Crippen molar-refractivity contribution in [2.45, 2.75) is 32.9 Å². The van der Waals surface area contributed by atoms with E-state index in [-0.39, 0.29) is 11.8 Å². The Morgan fingerprint density at radius 2 is 2.21 bits per heavy atom. The van der Waals surface area contributed by atoms with Gasteiger partial charge < -0.3 is 14.8 Å². The number of carbonyl (C=O) groups excluding carboxylic acids is 2. The predicted octanol–water partition coefficient (Wildman–Crippen LogP) is 1.51. The van der Waals surface area contributed by atoms with E-state index in [1.54, 1.807) is 35.6 Å². The van der Waals surface area contributed by atoms with Gasteiger partial charge in [-0.05, 0) is 26.8 Å². The second-order valence-corrected chi connectivity index (χ2v) is 5.54. The first-order valence-corrected chi connectivity index (χ1v) is 6.71. The monoisotopic (exact) mass is 283 g/mol. The van der Waals surface area contributed by atoms with Crippen LogP contribution in [0.5, 0.6) is 0 Å². The first-order chi connectivity index (χ1) is 8.87. The van der Waals surface area contributed by atoms with Gasteiger partial charge in [0.25, 0.3) is 5.91 Å². The number of piperazine rings is 1. The number of carbonyl (C=O) groups is 2. The Morgan fingerprint density at radius 3 is 2.84 bits per heavy atom. The largest absolute Gasteiger partial charge is 0.352 e. The molecular weight excluding hydrogens is 266 g/mol. The first-order valence-electron chi connectivity index (χ1n) is 6.34. The summed E-state index contributed by atoms with van der Waals surface area (Å²) in [6, 6.07) is 1.65. The van der Waals surface area contributed by atoms with Crippen LogP contribution in [0.2, 0.25) is 5.02 Å². The van der Waals surface area contributed by atoms with Gasteiger partial charge in [0.1, 0.15) is 11.2 Å². The highest BCUT2D eigenvalue weighted by Gasteiger charge is 2.41. The van der Waals surface area contributed by atoms with Crippen LogP contribution in [0, 0.1) is 0 Å². The summed E-state index contributed by atoms with van der Waals surface area (Å²) < 4.78 is 1.80. The highest BCUT2D eigenvalue weighted by atomic mass is 35.5. The number of aromatic nitrogens is 1. The maximum atomic E-state index is 12.6. The third kappa shape index (κ3) is 2.34. The number of halogens is 1. The molecule has 0 atom stereocenters. The molecule has 6 heteroatoms. The summed E-state index contributed by atoms with van der Waals surface area (Å²) in [5.74, 6) is -0.290. The van der Waals surface area contributed by atoms with E-state index in [0.717, 1.165) is 0 Å². The fourth-order valence-electron chi connectivity index (χ4n) is 2.31. The summed E-state index contributed by atoms with van der Waals surface area (Å²) >= 11 is 5.96. The zero-order chi connectivity index (χ0) is 14.2. The van der Waals surface area contributed by atoms with E-state index in [0.29, 0.717) is 30.4 Å². The minimum Gasteiger partial charge on any atom is -0.352 e. The van der Waals surface area contributed by atoms with Crippen molar-refractivity contribution in [3.63, 3.8) is 0 Å². The van der Waals surface area contributed by atoms with Gasteiger partial charge in [0.05, 0.1) is 5.02 Å². The predicted molar refractivity (Wildman–Crippen MR) is 73.2 cm³/mol. The average Bonchev–Trinajstić information content (AvgIpc) is 2.73. The summed E-state index contributed by atoms with van der Waals surface area (Å²) in [4.78, 5) is 26.1. The molecule has 2 amide bonds. The molecule has 0 unspecified atom stereocenters. The van der Waals surface area contributed by atoms with Crippen LogP contribution in [-0.4, -0.2) is 39.9 Å². The molecule has 1 fully saturated rings. The number of rotatable bonds is 2. The van der Waals surface area contributed by atoms with E-state index in [9.17, 15) is 9.59 Å². The average molecular weight is 284 g/mol. The molecule has 0 radical (unpaired) electrons. The van der Waals surface area contributed by atoms with Gasteiger partial charge >= 0.3 is 0 Å². The zero-order valence-electron chi connectivity index (χ0n) is 11.4. The number of hydrogen-bond acceptors (Lipinski definition) is 2. The lowest BCUT2D eigenvalue weighted by atomic mass is 9.98. The van der Waals surface area contributed by atoms with Crippen LogP contribution in [0.1, 0.15) is 31.3 Å². The van der Waals surface area contributed by atoms with Gasteiger partial charge in [0.2, 0.25) is 5.91 Å². The van der Waals surface area contributed by atoms with Crippen molar-refractivity contribution in [2.75, 3.05) is 13.1 Å². The Labute approximate surface area is 117 Å². The molecule has 104 valence electrons. The van der Waals surface area contributed by atoms with E-state index in [2.05, 4.69) is 5.32 Å². The van der Waals surface area contributed by atoms with Gasteiger partial charge in [-0.1, -0.05) is 11.6 Å².